The highest BCUT2D eigenvalue weighted by molar-refractivity contribution is 9.10. The summed E-state index contributed by atoms with van der Waals surface area (Å²) in [5.41, 5.74) is 0.949. The third kappa shape index (κ3) is 4.77. The largest absolute Gasteiger partial charge is 0.466 e. The molecule has 1 aromatic rings. The Morgan fingerprint density at radius 1 is 1.40 bits per heavy atom. The Balaban J connectivity index is 2.69. The summed E-state index contributed by atoms with van der Waals surface area (Å²) in [6.45, 7) is 2.44. The van der Waals surface area contributed by atoms with Gasteiger partial charge in [-0.3, -0.25) is 14.4 Å². The summed E-state index contributed by atoms with van der Waals surface area (Å²) in [5, 5.41) is 0. The van der Waals surface area contributed by atoms with Crippen LogP contribution >= 0.6 is 15.9 Å². The van der Waals surface area contributed by atoms with Crippen LogP contribution in [0.5, 0.6) is 0 Å². The van der Waals surface area contributed by atoms with E-state index in [9.17, 15) is 14.4 Å². The quantitative estimate of drug-likeness (QED) is 0.538. The second kappa shape index (κ2) is 8.47. The maximum Gasteiger partial charge on any atom is 0.305 e. The number of carbonyl (C=O) groups is 3. The average Bonchev–Trinajstić information content (AvgIpc) is 2.44. The monoisotopic (exact) mass is 341 g/mol. The Hall–Kier alpha value is -1.69. The summed E-state index contributed by atoms with van der Waals surface area (Å²) in [6, 6.07) is 5.08. The van der Waals surface area contributed by atoms with Crippen LogP contribution in [0.15, 0.2) is 22.7 Å². The molecular weight excluding hydrogens is 326 g/mol. The lowest BCUT2D eigenvalue weighted by Crippen LogP contribution is -2.24. The standard InChI is InChI=1S/C14H16BrNO4/c1-2-20-14(19)4-3-7-16(10-18)13-6-5-12(15)8-11(13)9-17/h5-6,8-10H,2-4,7H2,1H3. The Morgan fingerprint density at radius 2 is 2.15 bits per heavy atom. The van der Waals surface area contributed by atoms with Crippen molar-refractivity contribution in [3.05, 3.63) is 28.2 Å². The molecule has 20 heavy (non-hydrogen) atoms. The van der Waals surface area contributed by atoms with Gasteiger partial charge in [-0.15, -0.1) is 0 Å². The highest BCUT2D eigenvalue weighted by Gasteiger charge is 2.11. The first-order chi connectivity index (χ1) is 9.62. The van der Waals surface area contributed by atoms with E-state index in [4.69, 9.17) is 4.74 Å². The van der Waals surface area contributed by atoms with Crippen molar-refractivity contribution in [3.63, 3.8) is 0 Å². The number of nitrogens with zero attached hydrogens (tertiary/aromatic N) is 1. The van der Waals surface area contributed by atoms with E-state index in [0.29, 0.717) is 43.5 Å². The van der Waals surface area contributed by atoms with Gasteiger partial charge in [-0.25, -0.2) is 0 Å². The zero-order chi connectivity index (χ0) is 15.0. The highest BCUT2D eigenvalue weighted by atomic mass is 79.9. The van der Waals surface area contributed by atoms with Crippen molar-refractivity contribution in [1.82, 2.24) is 0 Å². The molecule has 0 aromatic heterocycles. The summed E-state index contributed by atoms with van der Waals surface area (Å²) >= 11 is 3.27. The number of hydrogen-bond acceptors (Lipinski definition) is 4. The molecule has 1 rings (SSSR count). The summed E-state index contributed by atoms with van der Waals surface area (Å²) in [4.78, 5) is 34.8. The number of hydrogen-bond donors (Lipinski definition) is 0. The van der Waals surface area contributed by atoms with Gasteiger partial charge >= 0.3 is 5.97 Å². The summed E-state index contributed by atoms with van der Waals surface area (Å²) in [5.74, 6) is -0.287. The van der Waals surface area contributed by atoms with Crippen LogP contribution in [0, 0.1) is 0 Å². The van der Waals surface area contributed by atoms with E-state index >= 15 is 0 Å². The van der Waals surface area contributed by atoms with Crippen LogP contribution in [0.3, 0.4) is 0 Å². The third-order valence-electron chi connectivity index (χ3n) is 2.64. The number of benzene rings is 1. The maximum absolute atomic E-state index is 11.2. The molecule has 6 heteroatoms. The number of carbonyl (C=O) groups excluding carboxylic acids is 3. The van der Waals surface area contributed by atoms with E-state index in [1.807, 2.05) is 0 Å². The molecule has 0 radical (unpaired) electrons. The van der Waals surface area contributed by atoms with Gasteiger partial charge in [0.1, 0.15) is 0 Å². The van der Waals surface area contributed by atoms with Crippen molar-refractivity contribution >= 4 is 40.3 Å². The van der Waals surface area contributed by atoms with Gasteiger partial charge in [-0.1, -0.05) is 15.9 Å². The summed E-state index contributed by atoms with van der Waals surface area (Å²) < 4.78 is 5.58. The van der Waals surface area contributed by atoms with Crippen LogP contribution in [0.4, 0.5) is 5.69 Å². The first-order valence-corrected chi connectivity index (χ1v) is 7.04. The van der Waals surface area contributed by atoms with Gasteiger partial charge in [-0.05, 0) is 31.5 Å². The fourth-order valence-electron chi connectivity index (χ4n) is 1.74. The highest BCUT2D eigenvalue weighted by Crippen LogP contribution is 2.23. The number of aldehydes is 1. The van der Waals surface area contributed by atoms with Crippen molar-refractivity contribution in [2.45, 2.75) is 19.8 Å². The van der Waals surface area contributed by atoms with Crippen LogP contribution < -0.4 is 4.90 Å². The molecule has 0 atom stereocenters. The van der Waals surface area contributed by atoms with E-state index in [1.54, 1.807) is 25.1 Å². The Morgan fingerprint density at radius 3 is 2.75 bits per heavy atom. The molecule has 0 saturated heterocycles. The molecule has 1 aromatic carbocycles. The van der Waals surface area contributed by atoms with Gasteiger partial charge in [-0.2, -0.15) is 0 Å². The summed E-state index contributed by atoms with van der Waals surface area (Å²) in [6.07, 6.45) is 2.07. The molecule has 1 amide bonds. The van der Waals surface area contributed by atoms with Crippen LogP contribution in [-0.2, 0) is 14.3 Å². The Kier molecular flexibility index (Phi) is 6.93. The zero-order valence-corrected chi connectivity index (χ0v) is 12.8. The second-order valence-corrected chi connectivity index (χ2v) is 4.94. The van der Waals surface area contributed by atoms with Crippen LogP contribution in [0.2, 0.25) is 0 Å². The molecule has 5 nitrogen and oxygen atoms in total. The number of amides is 1. The number of rotatable bonds is 8. The zero-order valence-electron chi connectivity index (χ0n) is 11.2. The minimum atomic E-state index is -0.287. The van der Waals surface area contributed by atoms with Gasteiger partial charge in [0.15, 0.2) is 6.29 Å². The molecule has 0 spiro atoms. The van der Waals surface area contributed by atoms with Crippen molar-refractivity contribution in [1.29, 1.82) is 0 Å². The van der Waals surface area contributed by atoms with Crippen molar-refractivity contribution < 1.29 is 19.1 Å². The molecule has 0 aliphatic rings. The average molecular weight is 342 g/mol. The fourth-order valence-corrected chi connectivity index (χ4v) is 2.12. The third-order valence-corrected chi connectivity index (χ3v) is 3.13. The number of ether oxygens (including phenoxy) is 1. The fraction of sp³-hybridized carbons (Fsp3) is 0.357. The normalized spacial score (nSPS) is 9.90. The first-order valence-electron chi connectivity index (χ1n) is 6.24. The minimum absolute atomic E-state index is 0.241. The molecule has 0 N–H and O–H groups in total. The van der Waals surface area contributed by atoms with Gasteiger partial charge < -0.3 is 9.64 Å². The molecular formula is C14H16BrNO4. The smallest absolute Gasteiger partial charge is 0.305 e. The molecule has 0 bridgehead atoms. The number of anilines is 1. The molecule has 0 aliphatic carbocycles. The van der Waals surface area contributed by atoms with E-state index in [0.717, 1.165) is 4.47 Å². The lowest BCUT2D eigenvalue weighted by atomic mass is 10.1. The van der Waals surface area contributed by atoms with E-state index < -0.39 is 0 Å². The van der Waals surface area contributed by atoms with Crippen molar-refractivity contribution in [2.24, 2.45) is 0 Å². The van der Waals surface area contributed by atoms with Crippen LogP contribution in [-0.4, -0.2) is 31.8 Å². The molecule has 0 aliphatic heterocycles. The Labute approximate surface area is 126 Å². The number of esters is 1. The van der Waals surface area contributed by atoms with Crippen molar-refractivity contribution in [3.8, 4) is 0 Å². The second-order valence-electron chi connectivity index (χ2n) is 4.03. The lowest BCUT2D eigenvalue weighted by molar-refractivity contribution is -0.143. The van der Waals surface area contributed by atoms with Gasteiger partial charge in [0.25, 0.3) is 0 Å². The van der Waals surface area contributed by atoms with Crippen LogP contribution in [0.25, 0.3) is 0 Å². The van der Waals surface area contributed by atoms with E-state index in [1.165, 1.54) is 4.90 Å². The van der Waals surface area contributed by atoms with Crippen molar-refractivity contribution in [2.75, 3.05) is 18.1 Å². The minimum Gasteiger partial charge on any atom is -0.466 e. The molecule has 0 fully saturated rings. The first kappa shape index (κ1) is 16.4. The maximum atomic E-state index is 11.2. The molecule has 0 saturated carbocycles. The van der Waals surface area contributed by atoms with Gasteiger partial charge in [0, 0.05) is 23.0 Å². The SMILES string of the molecule is CCOC(=O)CCCN(C=O)c1ccc(Br)cc1C=O. The molecule has 108 valence electrons. The van der Waals surface area contributed by atoms with Gasteiger partial charge in [0.2, 0.25) is 6.41 Å². The van der Waals surface area contributed by atoms with E-state index in [2.05, 4.69) is 15.9 Å². The topological polar surface area (TPSA) is 63.7 Å². The summed E-state index contributed by atoms with van der Waals surface area (Å²) in [7, 11) is 0. The predicted molar refractivity (Wildman–Crippen MR) is 78.8 cm³/mol. The molecule has 0 unspecified atom stereocenters. The Bertz CT molecular complexity index is 490. The lowest BCUT2D eigenvalue weighted by Gasteiger charge is -2.19. The molecule has 0 heterocycles. The predicted octanol–water partition coefficient (Wildman–Crippen LogP) is 2.57. The van der Waals surface area contributed by atoms with E-state index in [-0.39, 0.29) is 12.4 Å². The number of halogens is 1. The van der Waals surface area contributed by atoms with Crippen LogP contribution in [0.1, 0.15) is 30.1 Å². The van der Waals surface area contributed by atoms with Gasteiger partial charge in [0.05, 0.1) is 12.3 Å².